The quantitative estimate of drug-likeness (QED) is 0.499. The van der Waals surface area contributed by atoms with Gasteiger partial charge in [-0.2, -0.15) is 14.9 Å². The van der Waals surface area contributed by atoms with Gasteiger partial charge in [0.05, 0.1) is 20.9 Å². The molecule has 0 fully saturated rings. The number of ether oxygens (including phenoxy) is 1. The Morgan fingerprint density at radius 1 is 1.43 bits per heavy atom. The lowest BCUT2D eigenvalue weighted by molar-refractivity contribution is 0.450. The van der Waals surface area contributed by atoms with Crippen molar-refractivity contribution in [1.82, 2.24) is 19.8 Å². The molecule has 0 radical (unpaired) electrons. The first-order chi connectivity index (χ1) is 10.1. The molecule has 1 aromatic carbocycles. The third-order valence-electron chi connectivity index (χ3n) is 2.66. The summed E-state index contributed by atoms with van der Waals surface area (Å²) in [6.07, 6.45) is 0. The molecular weight excluding hydrogens is 387 g/mol. The number of hydrogen-bond donors (Lipinski definition) is 2. The number of benzene rings is 1. The van der Waals surface area contributed by atoms with Crippen molar-refractivity contribution in [2.45, 2.75) is 0 Å². The summed E-state index contributed by atoms with van der Waals surface area (Å²) in [4.78, 5) is 11.5. The van der Waals surface area contributed by atoms with Gasteiger partial charge < -0.3 is 10.5 Å². The van der Waals surface area contributed by atoms with Crippen molar-refractivity contribution in [3.8, 4) is 17.7 Å². The predicted octanol–water partition coefficient (Wildman–Crippen LogP) is 1.27. The van der Waals surface area contributed by atoms with Crippen LogP contribution in [0.3, 0.4) is 0 Å². The fourth-order valence-corrected chi connectivity index (χ4v) is 2.49. The molecule has 0 aliphatic rings. The maximum atomic E-state index is 11.5. The van der Waals surface area contributed by atoms with E-state index in [1.807, 2.05) is 28.7 Å². The molecule has 2 heterocycles. The van der Waals surface area contributed by atoms with Gasteiger partial charge in [-0.1, -0.05) is 0 Å². The number of hydrogen-bond acceptors (Lipinski definition) is 6. The van der Waals surface area contributed by atoms with Crippen LogP contribution in [0.2, 0.25) is 0 Å². The Morgan fingerprint density at radius 2 is 2.24 bits per heavy atom. The average Bonchev–Trinajstić information content (AvgIpc) is 2.84. The largest absolute Gasteiger partial charge is 0.434 e. The number of nitrogen functional groups attached to an aromatic ring is 1. The van der Waals surface area contributed by atoms with Crippen LogP contribution < -0.4 is 16.2 Å². The van der Waals surface area contributed by atoms with Crippen LogP contribution >= 0.6 is 22.6 Å². The maximum Gasteiger partial charge on any atom is 0.364 e. The fraction of sp³-hybridized carbons (Fsp3) is 0. The zero-order valence-electron chi connectivity index (χ0n) is 10.4. The van der Waals surface area contributed by atoms with Gasteiger partial charge in [0, 0.05) is 6.07 Å². The molecule has 0 amide bonds. The van der Waals surface area contributed by atoms with Gasteiger partial charge >= 0.3 is 5.69 Å². The highest BCUT2D eigenvalue weighted by Gasteiger charge is 2.11. The molecule has 21 heavy (non-hydrogen) atoms. The van der Waals surface area contributed by atoms with Crippen molar-refractivity contribution < 1.29 is 4.74 Å². The van der Waals surface area contributed by atoms with E-state index in [0.717, 1.165) is 4.52 Å². The first-order valence-corrected chi connectivity index (χ1v) is 6.78. The van der Waals surface area contributed by atoms with Gasteiger partial charge in [0.25, 0.3) is 0 Å². The van der Waals surface area contributed by atoms with E-state index in [9.17, 15) is 4.79 Å². The van der Waals surface area contributed by atoms with Crippen molar-refractivity contribution in [3.63, 3.8) is 0 Å². The second-order valence-electron chi connectivity index (χ2n) is 4.06. The number of nitrogens with two attached hydrogens (primary N) is 1. The number of aromatic nitrogens is 4. The van der Waals surface area contributed by atoms with Gasteiger partial charge in [-0.05, 0) is 40.8 Å². The summed E-state index contributed by atoms with van der Waals surface area (Å²) < 4.78 is 7.37. The van der Waals surface area contributed by atoms with E-state index in [1.54, 1.807) is 18.2 Å². The Hall–Kier alpha value is -2.61. The van der Waals surface area contributed by atoms with Gasteiger partial charge in [0.15, 0.2) is 11.4 Å². The molecule has 3 N–H and O–H groups in total. The van der Waals surface area contributed by atoms with E-state index in [0.29, 0.717) is 26.2 Å². The Labute approximate surface area is 131 Å². The van der Waals surface area contributed by atoms with E-state index < -0.39 is 5.69 Å². The zero-order valence-corrected chi connectivity index (χ0v) is 12.5. The monoisotopic (exact) mass is 394 g/mol. The van der Waals surface area contributed by atoms with Crippen LogP contribution in [0.5, 0.6) is 11.6 Å². The van der Waals surface area contributed by atoms with Crippen LogP contribution in [-0.2, 0) is 0 Å². The Morgan fingerprint density at radius 3 is 2.95 bits per heavy atom. The molecule has 0 aliphatic heterocycles. The van der Waals surface area contributed by atoms with Crippen molar-refractivity contribution in [2.24, 2.45) is 0 Å². The molecule has 0 spiro atoms. The Bertz CT molecular complexity index is 916. The zero-order chi connectivity index (χ0) is 15.0. The summed E-state index contributed by atoms with van der Waals surface area (Å²) in [6.45, 7) is 0. The highest BCUT2D eigenvalue weighted by molar-refractivity contribution is 14.1. The van der Waals surface area contributed by atoms with Crippen LogP contribution in [-0.4, -0.2) is 19.8 Å². The first kappa shape index (κ1) is 13.4. The second kappa shape index (κ2) is 5.06. The van der Waals surface area contributed by atoms with Gasteiger partial charge in [-0.25, -0.2) is 9.89 Å². The Kier molecular flexibility index (Phi) is 3.22. The molecule has 3 aromatic rings. The number of H-pyrrole nitrogens is 1. The van der Waals surface area contributed by atoms with Gasteiger partial charge in [-0.3, -0.25) is 0 Å². The molecule has 9 heteroatoms. The number of fused-ring (bicyclic) bond motifs is 1. The number of rotatable bonds is 2. The van der Waals surface area contributed by atoms with Crippen molar-refractivity contribution in [3.05, 3.63) is 43.9 Å². The minimum atomic E-state index is -0.460. The SMILES string of the molecule is N#Cc1cc(N)c(Oc2ccc3n[nH]c(=O)n3n2)c(I)c1. The summed E-state index contributed by atoms with van der Waals surface area (Å²) in [7, 11) is 0. The molecule has 0 saturated heterocycles. The second-order valence-corrected chi connectivity index (χ2v) is 5.22. The summed E-state index contributed by atoms with van der Waals surface area (Å²) in [5, 5.41) is 19.0. The molecule has 0 atom stereocenters. The lowest BCUT2D eigenvalue weighted by atomic mass is 10.2. The van der Waals surface area contributed by atoms with Gasteiger partial charge in [-0.15, -0.1) is 5.10 Å². The lowest BCUT2D eigenvalue weighted by Crippen LogP contribution is -2.12. The molecule has 2 aromatic heterocycles. The maximum absolute atomic E-state index is 11.5. The molecule has 0 unspecified atom stereocenters. The Balaban J connectivity index is 2.04. The average molecular weight is 394 g/mol. The van der Waals surface area contributed by atoms with E-state index in [2.05, 4.69) is 15.3 Å². The lowest BCUT2D eigenvalue weighted by Gasteiger charge is -2.09. The highest BCUT2D eigenvalue weighted by atomic mass is 127. The molecule has 0 bridgehead atoms. The van der Waals surface area contributed by atoms with Crippen LogP contribution in [0, 0.1) is 14.9 Å². The molecule has 104 valence electrons. The van der Waals surface area contributed by atoms with Crippen molar-refractivity contribution >= 4 is 33.9 Å². The number of nitriles is 1. The van der Waals surface area contributed by atoms with Crippen LogP contribution in [0.15, 0.2) is 29.1 Å². The van der Waals surface area contributed by atoms with Crippen molar-refractivity contribution in [1.29, 1.82) is 5.26 Å². The molecule has 0 aliphatic carbocycles. The van der Waals surface area contributed by atoms with Gasteiger partial charge in [0.2, 0.25) is 5.88 Å². The first-order valence-electron chi connectivity index (χ1n) is 5.70. The predicted molar refractivity (Wildman–Crippen MR) is 82.0 cm³/mol. The fourth-order valence-electron chi connectivity index (χ4n) is 1.73. The van der Waals surface area contributed by atoms with Crippen LogP contribution in [0.4, 0.5) is 5.69 Å². The number of halogens is 1. The van der Waals surface area contributed by atoms with E-state index in [1.165, 1.54) is 6.07 Å². The molecule has 3 rings (SSSR count). The molecule has 8 nitrogen and oxygen atoms in total. The summed E-state index contributed by atoms with van der Waals surface area (Å²) in [5.41, 5.74) is 6.56. The van der Waals surface area contributed by atoms with E-state index >= 15 is 0 Å². The topological polar surface area (TPSA) is 122 Å². The summed E-state index contributed by atoms with van der Waals surface area (Å²) in [5.74, 6) is 0.582. The van der Waals surface area contributed by atoms with Crippen LogP contribution in [0.1, 0.15) is 5.56 Å². The number of aromatic amines is 1. The van der Waals surface area contributed by atoms with Crippen molar-refractivity contribution in [2.75, 3.05) is 5.73 Å². The standard InChI is InChI=1S/C12H7IN6O2/c13-7-3-6(5-14)4-8(15)11(7)21-10-2-1-9-16-17-12(20)19(9)18-10/h1-4H,15H2,(H,17,20). The van der Waals surface area contributed by atoms with E-state index in [4.69, 9.17) is 15.7 Å². The molecule has 0 saturated carbocycles. The summed E-state index contributed by atoms with van der Waals surface area (Å²) >= 11 is 2.01. The third kappa shape index (κ3) is 2.40. The minimum absolute atomic E-state index is 0.195. The highest BCUT2D eigenvalue weighted by Crippen LogP contribution is 2.32. The smallest absolute Gasteiger partial charge is 0.364 e. The molecular formula is C12H7IN6O2. The number of anilines is 1. The minimum Gasteiger partial charge on any atom is -0.434 e. The number of nitrogens with zero attached hydrogens (tertiary/aromatic N) is 4. The van der Waals surface area contributed by atoms with Gasteiger partial charge in [0.1, 0.15) is 0 Å². The van der Waals surface area contributed by atoms with Crippen LogP contribution in [0.25, 0.3) is 5.65 Å². The third-order valence-corrected chi connectivity index (χ3v) is 3.46. The summed E-state index contributed by atoms with van der Waals surface area (Å²) in [6, 6.07) is 8.34. The van der Waals surface area contributed by atoms with E-state index in [-0.39, 0.29) is 5.88 Å². The normalized spacial score (nSPS) is 10.5. The number of nitrogens with one attached hydrogen (secondary N) is 1.